The molecule has 138 valence electrons. The molecule has 1 aromatic carbocycles. The third-order valence-corrected chi connectivity index (χ3v) is 5.98. The molecule has 4 rings (SSSR count). The average molecular weight is 357 g/mol. The van der Waals surface area contributed by atoms with Crippen LogP contribution in [0.3, 0.4) is 0 Å². The highest BCUT2D eigenvalue weighted by atomic mass is 16.5. The number of hydrogen-bond donors (Lipinski definition) is 0. The number of hydrogen-bond acceptors (Lipinski definition) is 5. The summed E-state index contributed by atoms with van der Waals surface area (Å²) in [7, 11) is 3.41. The number of ether oxygens (including phenoxy) is 2. The molecule has 2 aliphatic rings. The van der Waals surface area contributed by atoms with Gasteiger partial charge in [-0.2, -0.15) is 0 Å². The van der Waals surface area contributed by atoms with Gasteiger partial charge in [0, 0.05) is 26.8 Å². The fraction of sp³-hybridized carbons (Fsp3) is 0.500. The Hall–Kier alpha value is -2.18. The second-order valence-electron chi connectivity index (χ2n) is 7.14. The van der Waals surface area contributed by atoms with E-state index in [0.717, 1.165) is 25.7 Å². The van der Waals surface area contributed by atoms with Crippen molar-refractivity contribution in [3.05, 3.63) is 46.3 Å². The Morgan fingerprint density at radius 2 is 2.08 bits per heavy atom. The minimum atomic E-state index is -0.332. The molecule has 6 nitrogen and oxygen atoms in total. The summed E-state index contributed by atoms with van der Waals surface area (Å²) in [6.07, 6.45) is 3.41. The van der Waals surface area contributed by atoms with Gasteiger partial charge in [-0.1, -0.05) is 12.1 Å². The Balaban J connectivity index is 1.69. The number of amides is 1. The number of rotatable bonds is 3. The smallest absolute Gasteiger partial charge is 0.290 e. The Morgan fingerprint density at radius 3 is 2.85 bits per heavy atom. The zero-order valence-electron chi connectivity index (χ0n) is 15.1. The van der Waals surface area contributed by atoms with Crippen LogP contribution in [-0.2, 0) is 9.47 Å². The number of nitrogens with zero attached hydrogens (tertiary/aromatic N) is 1. The number of fused-ring (bicyclic) bond motifs is 2. The van der Waals surface area contributed by atoms with Crippen molar-refractivity contribution in [1.82, 2.24) is 4.90 Å². The van der Waals surface area contributed by atoms with E-state index in [1.807, 2.05) is 0 Å². The maximum absolute atomic E-state index is 13.1. The summed E-state index contributed by atoms with van der Waals surface area (Å²) >= 11 is 0. The number of benzene rings is 1. The molecule has 1 saturated carbocycles. The molecule has 0 N–H and O–H groups in total. The van der Waals surface area contributed by atoms with Gasteiger partial charge in [0.05, 0.1) is 23.1 Å². The minimum Gasteiger partial charge on any atom is -0.451 e. The largest absolute Gasteiger partial charge is 0.451 e. The van der Waals surface area contributed by atoms with E-state index in [0.29, 0.717) is 17.5 Å². The highest BCUT2D eigenvalue weighted by Crippen LogP contribution is 2.43. The zero-order valence-corrected chi connectivity index (χ0v) is 15.1. The fourth-order valence-electron chi connectivity index (χ4n) is 4.47. The van der Waals surface area contributed by atoms with Crippen molar-refractivity contribution in [2.45, 2.75) is 43.4 Å². The summed E-state index contributed by atoms with van der Waals surface area (Å²) in [5, 5.41) is 0.480. The molecule has 6 heteroatoms. The van der Waals surface area contributed by atoms with E-state index in [-0.39, 0.29) is 34.8 Å². The second-order valence-corrected chi connectivity index (χ2v) is 7.14. The molecule has 0 spiro atoms. The summed E-state index contributed by atoms with van der Waals surface area (Å²) < 4.78 is 17.1. The fourth-order valence-corrected chi connectivity index (χ4v) is 4.47. The summed E-state index contributed by atoms with van der Waals surface area (Å²) in [5.74, 6) is -0.173. The predicted octanol–water partition coefficient (Wildman–Crippen LogP) is 2.59. The molecular weight excluding hydrogens is 334 g/mol. The molecule has 1 amide bonds. The van der Waals surface area contributed by atoms with Crippen LogP contribution in [0.15, 0.2) is 39.5 Å². The van der Waals surface area contributed by atoms with Gasteiger partial charge in [-0.3, -0.25) is 9.59 Å². The van der Waals surface area contributed by atoms with Crippen LogP contribution in [0.25, 0.3) is 11.0 Å². The summed E-state index contributed by atoms with van der Waals surface area (Å²) in [6, 6.07) is 8.20. The third kappa shape index (κ3) is 2.64. The Bertz CT molecular complexity index is 891. The van der Waals surface area contributed by atoms with Crippen LogP contribution >= 0.6 is 0 Å². The normalized spacial score (nSPS) is 28.3. The number of para-hydroxylation sites is 1. The van der Waals surface area contributed by atoms with Gasteiger partial charge >= 0.3 is 0 Å². The summed E-state index contributed by atoms with van der Waals surface area (Å²) in [5.41, 5.74) is -0.105. The van der Waals surface area contributed by atoms with Gasteiger partial charge in [0.15, 0.2) is 11.2 Å². The van der Waals surface area contributed by atoms with Crippen LogP contribution in [0.2, 0.25) is 0 Å². The molecule has 1 aliphatic carbocycles. The van der Waals surface area contributed by atoms with Crippen molar-refractivity contribution in [3.63, 3.8) is 0 Å². The van der Waals surface area contributed by atoms with Crippen molar-refractivity contribution in [2.24, 2.45) is 0 Å². The molecule has 2 fully saturated rings. The van der Waals surface area contributed by atoms with Crippen LogP contribution in [0.5, 0.6) is 0 Å². The van der Waals surface area contributed by atoms with Crippen LogP contribution in [0.1, 0.15) is 36.2 Å². The number of methoxy groups -OCH3 is 2. The lowest BCUT2D eigenvalue weighted by Gasteiger charge is -2.43. The van der Waals surface area contributed by atoms with Gasteiger partial charge in [0.2, 0.25) is 0 Å². The first kappa shape index (κ1) is 17.2. The quantitative estimate of drug-likeness (QED) is 0.845. The summed E-state index contributed by atoms with van der Waals surface area (Å²) in [4.78, 5) is 27.3. The molecule has 1 aliphatic heterocycles. The van der Waals surface area contributed by atoms with E-state index >= 15 is 0 Å². The van der Waals surface area contributed by atoms with Crippen LogP contribution in [0.4, 0.5) is 0 Å². The van der Waals surface area contributed by atoms with Gasteiger partial charge < -0.3 is 18.8 Å². The van der Waals surface area contributed by atoms with Gasteiger partial charge in [-0.15, -0.1) is 0 Å². The van der Waals surface area contributed by atoms with Crippen molar-refractivity contribution >= 4 is 16.9 Å². The van der Waals surface area contributed by atoms with E-state index < -0.39 is 0 Å². The molecule has 1 aromatic heterocycles. The van der Waals surface area contributed by atoms with E-state index in [1.54, 1.807) is 43.4 Å². The zero-order chi connectivity index (χ0) is 18.3. The highest BCUT2D eigenvalue weighted by Gasteiger charge is 2.53. The first-order valence-electron chi connectivity index (χ1n) is 9.00. The van der Waals surface area contributed by atoms with Crippen molar-refractivity contribution in [2.75, 3.05) is 20.8 Å². The standard InChI is InChI=1S/C20H23NO5/c1-24-13-7-8-20(25-2)9-10-21(18(20)11-13)19(23)17-12-15(22)14-5-3-4-6-16(14)26-17/h3-6,12-13,18H,7-11H2,1-2H3/t13-,18-,20+/m0/s1. The maximum Gasteiger partial charge on any atom is 0.290 e. The lowest BCUT2D eigenvalue weighted by Crippen LogP contribution is -2.53. The van der Waals surface area contributed by atoms with Gasteiger partial charge in [-0.25, -0.2) is 0 Å². The molecule has 1 saturated heterocycles. The predicted molar refractivity (Wildman–Crippen MR) is 96.3 cm³/mol. The molecule has 2 heterocycles. The van der Waals surface area contributed by atoms with Gasteiger partial charge in [0.1, 0.15) is 5.58 Å². The molecule has 2 aromatic rings. The second kappa shape index (κ2) is 6.52. The molecular formula is C20H23NO5. The Morgan fingerprint density at radius 1 is 1.27 bits per heavy atom. The average Bonchev–Trinajstić information content (AvgIpc) is 3.06. The monoisotopic (exact) mass is 357 g/mol. The van der Waals surface area contributed by atoms with Crippen LogP contribution in [0, 0.1) is 0 Å². The number of carbonyl (C=O) groups is 1. The van der Waals surface area contributed by atoms with Gasteiger partial charge in [0.25, 0.3) is 5.91 Å². The van der Waals surface area contributed by atoms with Gasteiger partial charge in [-0.05, 0) is 37.8 Å². The molecule has 3 atom stereocenters. The highest BCUT2D eigenvalue weighted by molar-refractivity contribution is 5.93. The molecule has 0 bridgehead atoms. The van der Waals surface area contributed by atoms with Crippen LogP contribution in [-0.4, -0.2) is 49.3 Å². The molecule has 0 radical (unpaired) electrons. The van der Waals surface area contributed by atoms with Crippen molar-refractivity contribution in [1.29, 1.82) is 0 Å². The number of likely N-dealkylation sites (tertiary alicyclic amines) is 1. The van der Waals surface area contributed by atoms with Crippen molar-refractivity contribution in [3.8, 4) is 0 Å². The molecule has 26 heavy (non-hydrogen) atoms. The topological polar surface area (TPSA) is 69.0 Å². The third-order valence-electron chi connectivity index (χ3n) is 5.98. The van der Waals surface area contributed by atoms with Crippen LogP contribution < -0.4 is 5.43 Å². The van der Waals surface area contributed by atoms with E-state index in [2.05, 4.69) is 0 Å². The lowest BCUT2D eigenvalue weighted by molar-refractivity contribution is -0.0895. The lowest BCUT2D eigenvalue weighted by atomic mass is 9.79. The van der Waals surface area contributed by atoms with E-state index in [4.69, 9.17) is 13.9 Å². The maximum atomic E-state index is 13.1. The minimum absolute atomic E-state index is 0.0736. The Kier molecular flexibility index (Phi) is 4.32. The first-order valence-corrected chi connectivity index (χ1v) is 9.00. The van der Waals surface area contributed by atoms with E-state index in [1.165, 1.54) is 6.07 Å². The first-order chi connectivity index (χ1) is 12.6. The van der Waals surface area contributed by atoms with E-state index in [9.17, 15) is 9.59 Å². The Labute approximate surface area is 151 Å². The van der Waals surface area contributed by atoms with Crippen molar-refractivity contribution < 1.29 is 18.7 Å². The summed E-state index contributed by atoms with van der Waals surface area (Å²) in [6.45, 7) is 0.588. The molecule has 0 unspecified atom stereocenters. The SMILES string of the molecule is CO[C@H]1CC[C@@]2(OC)CCN(C(=O)c3cc(=O)c4ccccc4o3)[C@H]2C1. The number of carbonyl (C=O) groups excluding carboxylic acids is 1.